The van der Waals surface area contributed by atoms with Crippen LogP contribution in [0.5, 0.6) is 0 Å². The first-order valence-electron chi connectivity index (χ1n) is 9.36. The smallest absolute Gasteiger partial charge is 0.272 e. The van der Waals surface area contributed by atoms with Crippen LogP contribution < -0.4 is 5.32 Å². The Hall–Kier alpha value is -2.73. The lowest BCUT2D eigenvalue weighted by Crippen LogP contribution is -2.55. The Bertz CT molecular complexity index is 777. The van der Waals surface area contributed by atoms with E-state index >= 15 is 0 Å². The molecule has 2 N–H and O–H groups in total. The van der Waals surface area contributed by atoms with Crippen LogP contribution in [0.1, 0.15) is 46.2 Å². The summed E-state index contributed by atoms with van der Waals surface area (Å²) < 4.78 is 0. The molecule has 1 fully saturated rings. The molecule has 2 aromatic rings. The van der Waals surface area contributed by atoms with Gasteiger partial charge in [-0.05, 0) is 42.7 Å². The average molecular weight is 367 g/mol. The predicted octanol–water partition coefficient (Wildman–Crippen LogP) is 2.04. The number of hydrogen-bond donors (Lipinski definition) is 2. The van der Waals surface area contributed by atoms with Crippen LogP contribution in [-0.2, 0) is 6.42 Å². The van der Waals surface area contributed by atoms with Crippen LogP contribution in [0.4, 0.5) is 0 Å². The molecule has 2 unspecified atom stereocenters. The van der Waals surface area contributed by atoms with Crippen LogP contribution in [0.2, 0.25) is 0 Å². The number of pyridine rings is 1. The molecule has 0 aliphatic carbocycles. The van der Waals surface area contributed by atoms with Crippen molar-refractivity contribution in [2.24, 2.45) is 0 Å². The van der Waals surface area contributed by atoms with E-state index in [0.29, 0.717) is 24.2 Å². The fourth-order valence-corrected chi connectivity index (χ4v) is 3.30. The van der Waals surface area contributed by atoms with E-state index in [-0.39, 0.29) is 24.4 Å². The van der Waals surface area contributed by atoms with E-state index in [1.165, 1.54) is 5.56 Å². The summed E-state index contributed by atoms with van der Waals surface area (Å²) in [5.41, 5.74) is 2.14. The second-order valence-electron chi connectivity index (χ2n) is 6.85. The number of benzene rings is 1. The lowest BCUT2D eigenvalue weighted by molar-refractivity contribution is 0.0311. The number of rotatable bonds is 5. The summed E-state index contributed by atoms with van der Waals surface area (Å²) in [6.07, 6.45) is 3.31. The number of carbonyl (C=O) groups is 2. The van der Waals surface area contributed by atoms with E-state index in [1.54, 1.807) is 29.3 Å². The highest BCUT2D eigenvalue weighted by Crippen LogP contribution is 2.15. The highest BCUT2D eigenvalue weighted by Gasteiger charge is 2.32. The van der Waals surface area contributed by atoms with Crippen LogP contribution in [0, 0.1) is 0 Å². The van der Waals surface area contributed by atoms with Gasteiger partial charge in [-0.1, -0.05) is 31.5 Å². The molecule has 1 aromatic heterocycles. The van der Waals surface area contributed by atoms with E-state index < -0.39 is 6.10 Å². The molecule has 2 amide bonds. The number of nitrogens with one attached hydrogen (secondary N) is 1. The van der Waals surface area contributed by atoms with Crippen LogP contribution in [0.3, 0.4) is 0 Å². The highest BCUT2D eigenvalue weighted by molar-refractivity contribution is 5.94. The summed E-state index contributed by atoms with van der Waals surface area (Å²) in [5, 5.41) is 13.3. The first kappa shape index (κ1) is 19.0. The Labute approximate surface area is 159 Å². The zero-order valence-electron chi connectivity index (χ0n) is 15.5. The fourth-order valence-electron chi connectivity index (χ4n) is 3.30. The van der Waals surface area contributed by atoms with Crippen molar-refractivity contribution in [2.45, 2.75) is 38.3 Å². The molecule has 2 atom stereocenters. The zero-order chi connectivity index (χ0) is 19.2. The van der Waals surface area contributed by atoms with E-state index in [2.05, 4.69) is 17.2 Å². The van der Waals surface area contributed by atoms with Crippen molar-refractivity contribution >= 4 is 11.8 Å². The maximum absolute atomic E-state index is 12.5. The van der Waals surface area contributed by atoms with Crippen molar-refractivity contribution in [3.63, 3.8) is 0 Å². The molecule has 1 saturated heterocycles. The summed E-state index contributed by atoms with van der Waals surface area (Å²) >= 11 is 0. The molecule has 1 aliphatic rings. The Balaban J connectivity index is 1.56. The van der Waals surface area contributed by atoms with Gasteiger partial charge in [0.2, 0.25) is 0 Å². The number of aliphatic hydroxyl groups is 1. The molecule has 142 valence electrons. The molecular formula is C21H25N3O3. The quantitative estimate of drug-likeness (QED) is 0.847. The van der Waals surface area contributed by atoms with Gasteiger partial charge in [0.1, 0.15) is 5.69 Å². The SMILES string of the molecule is CCCc1ccc(C(=O)NC2CCN(C(=O)c3ccccn3)CC2O)cc1. The Morgan fingerprint density at radius 2 is 2.00 bits per heavy atom. The zero-order valence-corrected chi connectivity index (χ0v) is 15.5. The van der Waals surface area contributed by atoms with Gasteiger partial charge >= 0.3 is 0 Å². The number of aryl methyl sites for hydroxylation is 1. The van der Waals surface area contributed by atoms with Gasteiger partial charge in [-0.2, -0.15) is 0 Å². The fraction of sp³-hybridized carbons (Fsp3) is 0.381. The van der Waals surface area contributed by atoms with Crippen molar-refractivity contribution < 1.29 is 14.7 Å². The lowest BCUT2D eigenvalue weighted by atomic mass is 10.0. The Morgan fingerprint density at radius 1 is 1.22 bits per heavy atom. The van der Waals surface area contributed by atoms with Crippen LogP contribution in [0.15, 0.2) is 48.7 Å². The molecule has 0 spiro atoms. The van der Waals surface area contributed by atoms with E-state index in [1.807, 2.05) is 24.3 Å². The highest BCUT2D eigenvalue weighted by atomic mass is 16.3. The van der Waals surface area contributed by atoms with Crippen molar-refractivity contribution in [3.05, 3.63) is 65.5 Å². The van der Waals surface area contributed by atoms with Gasteiger partial charge in [0.05, 0.1) is 12.1 Å². The summed E-state index contributed by atoms with van der Waals surface area (Å²) in [6.45, 7) is 2.76. The minimum atomic E-state index is -0.810. The molecule has 2 heterocycles. The molecule has 6 heteroatoms. The van der Waals surface area contributed by atoms with Gasteiger partial charge in [0.25, 0.3) is 11.8 Å². The maximum atomic E-state index is 12.5. The molecule has 1 aliphatic heterocycles. The van der Waals surface area contributed by atoms with E-state index in [9.17, 15) is 14.7 Å². The van der Waals surface area contributed by atoms with Crippen molar-refractivity contribution in [1.29, 1.82) is 0 Å². The number of β-amino-alcohol motifs (C(OH)–C–C–N with tert-alkyl or cyclic N) is 1. The van der Waals surface area contributed by atoms with Gasteiger partial charge in [-0.3, -0.25) is 14.6 Å². The second-order valence-corrected chi connectivity index (χ2v) is 6.85. The van der Waals surface area contributed by atoms with Crippen molar-refractivity contribution in [1.82, 2.24) is 15.2 Å². The third-order valence-electron chi connectivity index (χ3n) is 4.82. The molecule has 0 radical (unpaired) electrons. The summed E-state index contributed by atoms with van der Waals surface area (Å²) in [5.74, 6) is -0.405. The predicted molar refractivity (Wildman–Crippen MR) is 102 cm³/mol. The molecule has 6 nitrogen and oxygen atoms in total. The molecule has 1 aromatic carbocycles. The number of piperidine rings is 1. The first-order chi connectivity index (χ1) is 13.1. The summed E-state index contributed by atoms with van der Waals surface area (Å²) in [6, 6.07) is 12.3. The standard InChI is InChI=1S/C21H25N3O3/c1-2-5-15-7-9-16(10-8-15)20(26)23-17-11-13-24(14-19(17)25)21(27)18-6-3-4-12-22-18/h3-4,6-10,12,17,19,25H,2,5,11,13-14H2,1H3,(H,23,26). The molecular weight excluding hydrogens is 342 g/mol. The number of nitrogens with zero attached hydrogens (tertiary/aromatic N) is 2. The average Bonchev–Trinajstić information content (AvgIpc) is 2.70. The number of likely N-dealkylation sites (tertiary alicyclic amines) is 1. The van der Waals surface area contributed by atoms with Gasteiger partial charge in [-0.15, -0.1) is 0 Å². The largest absolute Gasteiger partial charge is 0.389 e. The molecule has 0 saturated carbocycles. The summed E-state index contributed by atoms with van der Waals surface area (Å²) in [7, 11) is 0. The van der Waals surface area contributed by atoms with Gasteiger partial charge in [0.15, 0.2) is 0 Å². The van der Waals surface area contributed by atoms with Crippen LogP contribution in [-0.4, -0.2) is 52.0 Å². The topological polar surface area (TPSA) is 82.5 Å². The van der Waals surface area contributed by atoms with Crippen molar-refractivity contribution in [3.8, 4) is 0 Å². The monoisotopic (exact) mass is 367 g/mol. The lowest BCUT2D eigenvalue weighted by Gasteiger charge is -2.36. The van der Waals surface area contributed by atoms with Gasteiger partial charge in [-0.25, -0.2) is 0 Å². The summed E-state index contributed by atoms with van der Waals surface area (Å²) in [4.78, 5) is 30.5. The number of carbonyl (C=O) groups excluding carboxylic acids is 2. The molecule has 3 rings (SSSR count). The Kier molecular flexibility index (Phi) is 6.19. The third kappa shape index (κ3) is 4.71. The molecule has 27 heavy (non-hydrogen) atoms. The molecule has 0 bridgehead atoms. The van der Waals surface area contributed by atoms with Gasteiger partial charge in [0, 0.05) is 24.8 Å². The maximum Gasteiger partial charge on any atom is 0.272 e. The minimum absolute atomic E-state index is 0.176. The van der Waals surface area contributed by atoms with Crippen LogP contribution >= 0.6 is 0 Å². The normalized spacial score (nSPS) is 19.6. The number of aromatic nitrogens is 1. The van der Waals surface area contributed by atoms with Gasteiger partial charge < -0.3 is 15.3 Å². The first-order valence-corrected chi connectivity index (χ1v) is 9.36. The minimum Gasteiger partial charge on any atom is -0.389 e. The Morgan fingerprint density at radius 3 is 2.63 bits per heavy atom. The number of amides is 2. The second kappa shape index (κ2) is 8.77. The number of aliphatic hydroxyl groups excluding tert-OH is 1. The van der Waals surface area contributed by atoms with E-state index in [0.717, 1.165) is 12.8 Å². The van der Waals surface area contributed by atoms with E-state index in [4.69, 9.17) is 0 Å². The van der Waals surface area contributed by atoms with Crippen LogP contribution in [0.25, 0.3) is 0 Å². The third-order valence-corrected chi connectivity index (χ3v) is 4.82. The van der Waals surface area contributed by atoms with Crippen molar-refractivity contribution in [2.75, 3.05) is 13.1 Å². The number of hydrogen-bond acceptors (Lipinski definition) is 4.